The zero-order chi connectivity index (χ0) is 38.0. The summed E-state index contributed by atoms with van der Waals surface area (Å²) >= 11 is 0. The molecule has 1 atom stereocenters. The topological polar surface area (TPSA) is 159 Å². The minimum absolute atomic E-state index is 0.00191. The number of pyridine rings is 2. The number of amides is 2. The molecule has 54 heavy (non-hydrogen) atoms. The van der Waals surface area contributed by atoms with Crippen LogP contribution in [0.4, 0.5) is 4.79 Å². The lowest BCUT2D eigenvalue weighted by Gasteiger charge is -2.39. The number of benzene rings is 1. The van der Waals surface area contributed by atoms with E-state index in [1.165, 1.54) is 19.3 Å². The molecule has 2 aromatic heterocycles. The minimum atomic E-state index is -1.88. The molecule has 3 aromatic rings. The van der Waals surface area contributed by atoms with Gasteiger partial charge in [0.15, 0.2) is 0 Å². The van der Waals surface area contributed by atoms with Crippen molar-refractivity contribution in [3.63, 3.8) is 0 Å². The highest BCUT2D eigenvalue weighted by atomic mass is 16.6. The van der Waals surface area contributed by atoms with E-state index in [-0.39, 0.29) is 55.4 Å². The first-order chi connectivity index (χ1) is 26.2. The molecule has 1 aromatic carbocycles. The number of carbonyl (C=O) groups excluding carboxylic acids is 4. The number of hydrogen-bond donors (Lipinski definition) is 1. The Morgan fingerprint density at radius 2 is 1.78 bits per heavy atom. The van der Waals surface area contributed by atoms with Crippen molar-refractivity contribution in [1.29, 1.82) is 0 Å². The summed E-state index contributed by atoms with van der Waals surface area (Å²) in [6.07, 6.45) is 6.03. The molecule has 0 unspecified atom stereocenters. The van der Waals surface area contributed by atoms with Crippen molar-refractivity contribution in [3.05, 3.63) is 56.9 Å². The molecule has 0 spiro atoms. The number of nitrogens with one attached hydrogen (secondary N) is 1. The standard InChI is InChI=1S/C40H49N5O9/c1-4-27-28-20-26(53-39(50)44-17-12-25(13-18-44)43-15-8-7-9-16-43)10-11-32(28)42-36-29(27)23-45-33(36)21-31-30(37(45)48)24-52-38(49)40(31,5-2)54-35(47)22-41-34(46)14-19-51-6-3/h10-11,20-21,25H,4-9,12-19,22-24H2,1-3H3,(H,41,46)/t40-/m0/s1. The van der Waals surface area contributed by atoms with Gasteiger partial charge in [-0.05, 0) is 88.4 Å². The fourth-order valence-corrected chi connectivity index (χ4v) is 8.43. The third-order valence-electron chi connectivity index (χ3n) is 11.3. The normalized spacial score (nSPS) is 19.8. The Kier molecular flexibility index (Phi) is 11.0. The quantitative estimate of drug-likeness (QED) is 0.174. The molecule has 0 aliphatic carbocycles. The lowest BCUT2D eigenvalue weighted by molar-refractivity contribution is -0.189. The number of aryl methyl sites for hydroxylation is 1. The number of likely N-dealkylation sites (tertiary alicyclic amines) is 2. The average Bonchev–Trinajstić information content (AvgIpc) is 3.56. The summed E-state index contributed by atoms with van der Waals surface area (Å²) in [5.74, 6) is -1.60. The Hall–Kier alpha value is -4.82. The second kappa shape index (κ2) is 15.9. The van der Waals surface area contributed by atoms with Crippen molar-refractivity contribution in [1.82, 2.24) is 24.7 Å². The molecule has 2 amide bonds. The minimum Gasteiger partial charge on any atom is -0.457 e. The van der Waals surface area contributed by atoms with Gasteiger partial charge in [0.25, 0.3) is 5.56 Å². The van der Waals surface area contributed by atoms with Crippen LogP contribution in [-0.2, 0) is 53.8 Å². The van der Waals surface area contributed by atoms with Crippen LogP contribution in [-0.4, -0.2) is 95.3 Å². The summed E-state index contributed by atoms with van der Waals surface area (Å²) in [6, 6.07) is 7.64. The molecule has 14 heteroatoms. The molecule has 0 radical (unpaired) electrons. The summed E-state index contributed by atoms with van der Waals surface area (Å²) in [6.45, 7) is 9.33. The SMILES string of the molecule is CCOCCC(=O)NCC(=O)O[C@]1(CC)C(=O)OCc2c1cc1n(c2=O)Cc2c-1nc1ccc(OC(=O)N3CCC(N4CCCCC4)CC3)cc1c2CC. The van der Waals surface area contributed by atoms with Crippen LogP contribution in [0, 0.1) is 0 Å². The lowest BCUT2D eigenvalue weighted by atomic mass is 9.85. The molecular weight excluding hydrogens is 694 g/mol. The van der Waals surface area contributed by atoms with E-state index in [4.69, 9.17) is 23.9 Å². The maximum atomic E-state index is 14.1. The number of cyclic esters (lactones) is 1. The van der Waals surface area contributed by atoms with Crippen LogP contribution >= 0.6 is 0 Å². The van der Waals surface area contributed by atoms with Crippen LogP contribution in [0.2, 0.25) is 0 Å². The number of ether oxygens (including phenoxy) is 4. The van der Waals surface area contributed by atoms with Gasteiger partial charge in [-0.15, -0.1) is 0 Å². The van der Waals surface area contributed by atoms with E-state index in [2.05, 4.69) is 10.2 Å². The Labute approximate surface area is 314 Å². The smallest absolute Gasteiger partial charge is 0.415 e. The van der Waals surface area contributed by atoms with Gasteiger partial charge in [-0.3, -0.25) is 14.4 Å². The molecular formula is C40H49N5O9. The zero-order valence-corrected chi connectivity index (χ0v) is 31.4. The summed E-state index contributed by atoms with van der Waals surface area (Å²) in [4.78, 5) is 75.4. The van der Waals surface area contributed by atoms with Crippen molar-refractivity contribution in [2.24, 2.45) is 0 Å². The Morgan fingerprint density at radius 3 is 2.50 bits per heavy atom. The predicted octanol–water partition coefficient (Wildman–Crippen LogP) is 4.18. The third-order valence-corrected chi connectivity index (χ3v) is 11.3. The lowest BCUT2D eigenvalue weighted by Crippen LogP contribution is -2.48. The maximum absolute atomic E-state index is 14.1. The summed E-state index contributed by atoms with van der Waals surface area (Å²) in [7, 11) is 0. The van der Waals surface area contributed by atoms with Crippen LogP contribution in [0.25, 0.3) is 22.3 Å². The highest BCUT2D eigenvalue weighted by Crippen LogP contribution is 2.42. The molecule has 7 rings (SSSR count). The van der Waals surface area contributed by atoms with E-state index in [1.54, 1.807) is 28.5 Å². The zero-order valence-electron chi connectivity index (χ0n) is 31.4. The van der Waals surface area contributed by atoms with E-state index in [0.29, 0.717) is 54.8 Å². The number of nitrogens with zero attached hydrogens (tertiary/aromatic N) is 4. The largest absolute Gasteiger partial charge is 0.457 e. The Morgan fingerprint density at radius 1 is 1.00 bits per heavy atom. The fraction of sp³-hybridized carbons (Fsp3) is 0.550. The van der Waals surface area contributed by atoms with Gasteiger partial charge in [0, 0.05) is 48.7 Å². The monoisotopic (exact) mass is 743 g/mol. The van der Waals surface area contributed by atoms with E-state index in [1.807, 2.05) is 26.0 Å². The molecule has 4 aliphatic heterocycles. The molecule has 2 fully saturated rings. The van der Waals surface area contributed by atoms with Crippen molar-refractivity contribution >= 4 is 34.8 Å². The fourth-order valence-electron chi connectivity index (χ4n) is 8.43. The third kappa shape index (κ3) is 7.08. The highest BCUT2D eigenvalue weighted by Gasteiger charge is 2.50. The first-order valence-electron chi connectivity index (χ1n) is 19.3. The Balaban J connectivity index is 1.13. The van der Waals surface area contributed by atoms with Gasteiger partial charge in [0.2, 0.25) is 11.5 Å². The second-order valence-electron chi connectivity index (χ2n) is 14.4. The molecule has 288 valence electrons. The number of rotatable bonds is 11. The van der Waals surface area contributed by atoms with Crippen molar-refractivity contribution in [2.45, 2.75) is 96.9 Å². The van der Waals surface area contributed by atoms with Crippen molar-refractivity contribution < 1.29 is 38.1 Å². The van der Waals surface area contributed by atoms with E-state index in [0.717, 1.165) is 42.4 Å². The summed E-state index contributed by atoms with van der Waals surface area (Å²) < 4.78 is 24.0. The molecule has 2 saturated heterocycles. The first kappa shape index (κ1) is 37.5. The molecule has 1 N–H and O–H groups in total. The van der Waals surface area contributed by atoms with Crippen LogP contribution in [0.1, 0.15) is 88.0 Å². The van der Waals surface area contributed by atoms with Gasteiger partial charge in [0.1, 0.15) is 18.9 Å². The second-order valence-corrected chi connectivity index (χ2v) is 14.4. The predicted molar refractivity (Wildman–Crippen MR) is 198 cm³/mol. The number of piperidine rings is 2. The number of carbonyl (C=O) groups is 4. The van der Waals surface area contributed by atoms with E-state index >= 15 is 0 Å². The summed E-state index contributed by atoms with van der Waals surface area (Å²) in [5, 5.41) is 3.33. The van der Waals surface area contributed by atoms with Gasteiger partial charge in [0.05, 0.1) is 35.6 Å². The molecule has 0 bridgehead atoms. The van der Waals surface area contributed by atoms with Gasteiger partial charge in [-0.2, -0.15) is 0 Å². The van der Waals surface area contributed by atoms with Gasteiger partial charge < -0.3 is 38.6 Å². The van der Waals surface area contributed by atoms with Crippen molar-refractivity contribution in [3.8, 4) is 17.1 Å². The molecule has 6 heterocycles. The number of aromatic nitrogens is 2. The van der Waals surface area contributed by atoms with Crippen molar-refractivity contribution in [2.75, 3.05) is 45.9 Å². The number of hydrogen-bond acceptors (Lipinski definition) is 11. The average molecular weight is 744 g/mol. The Bertz CT molecular complexity index is 2010. The van der Waals surface area contributed by atoms with Gasteiger partial charge in [-0.1, -0.05) is 20.3 Å². The van der Waals surface area contributed by atoms with Crippen LogP contribution in [0.5, 0.6) is 5.75 Å². The van der Waals surface area contributed by atoms with E-state index in [9.17, 15) is 24.0 Å². The number of fused-ring (bicyclic) bond motifs is 5. The molecule has 0 saturated carbocycles. The van der Waals surface area contributed by atoms with Gasteiger partial charge >= 0.3 is 18.0 Å². The summed E-state index contributed by atoms with van der Waals surface area (Å²) in [5.41, 5.74) is 1.81. The maximum Gasteiger partial charge on any atom is 0.415 e. The molecule has 4 aliphatic rings. The van der Waals surface area contributed by atoms with E-state index < -0.39 is 30.0 Å². The van der Waals surface area contributed by atoms with Gasteiger partial charge in [-0.25, -0.2) is 14.6 Å². The highest BCUT2D eigenvalue weighted by molar-refractivity contribution is 5.91. The number of esters is 2. The van der Waals surface area contributed by atoms with Crippen LogP contribution in [0.15, 0.2) is 29.1 Å². The van der Waals surface area contributed by atoms with Crippen LogP contribution in [0.3, 0.4) is 0 Å². The first-order valence-corrected chi connectivity index (χ1v) is 19.3. The van der Waals surface area contributed by atoms with Crippen LogP contribution < -0.4 is 15.6 Å². The molecule has 14 nitrogen and oxygen atoms in total.